The predicted molar refractivity (Wildman–Crippen MR) is 103 cm³/mol. The van der Waals surface area contributed by atoms with Gasteiger partial charge in [-0.25, -0.2) is 0 Å². The third-order valence-electron chi connectivity index (χ3n) is 4.08. The van der Waals surface area contributed by atoms with Crippen molar-refractivity contribution in [3.8, 4) is 0 Å². The predicted octanol–water partition coefficient (Wildman–Crippen LogP) is 5.27. The fourth-order valence-electron chi connectivity index (χ4n) is 2.84. The maximum Gasteiger partial charge on any atom is 0.293 e. The Bertz CT molecular complexity index is 870. The Labute approximate surface area is 156 Å². The third-order valence-corrected chi connectivity index (χ3v) is 5.36. The Morgan fingerprint density at radius 2 is 1.96 bits per heavy atom. The van der Waals surface area contributed by atoms with Gasteiger partial charge in [-0.3, -0.25) is 14.5 Å². The van der Waals surface area contributed by atoms with E-state index in [1.165, 1.54) is 4.90 Å². The molecule has 2 aromatic rings. The number of hydrogen-bond donors (Lipinski definition) is 0. The van der Waals surface area contributed by atoms with E-state index in [1.807, 2.05) is 37.4 Å². The van der Waals surface area contributed by atoms with Crippen LogP contribution < -0.4 is 0 Å². The SMILES string of the molecule is Cc1cc(/C=C2/SC(=O)N(Cc3ccccc3Cl)C2=O)cn1C(C)C. The summed E-state index contributed by atoms with van der Waals surface area (Å²) < 4.78 is 2.14. The van der Waals surface area contributed by atoms with Crippen LogP contribution in [-0.4, -0.2) is 20.6 Å². The molecule has 0 saturated carbocycles. The number of benzene rings is 1. The van der Waals surface area contributed by atoms with Crippen molar-refractivity contribution >= 4 is 40.6 Å². The number of halogens is 1. The van der Waals surface area contributed by atoms with Gasteiger partial charge in [0.25, 0.3) is 11.1 Å². The summed E-state index contributed by atoms with van der Waals surface area (Å²) in [6.45, 7) is 6.43. The second-order valence-corrected chi connectivity index (χ2v) is 7.68. The zero-order valence-corrected chi connectivity index (χ0v) is 15.9. The molecule has 0 spiro atoms. The first kappa shape index (κ1) is 17.8. The van der Waals surface area contributed by atoms with Gasteiger partial charge in [0, 0.05) is 23.0 Å². The Morgan fingerprint density at radius 3 is 2.60 bits per heavy atom. The van der Waals surface area contributed by atoms with E-state index in [-0.39, 0.29) is 17.7 Å². The second kappa shape index (κ2) is 7.10. The van der Waals surface area contributed by atoms with Crippen LogP contribution in [0.15, 0.2) is 41.4 Å². The first-order chi connectivity index (χ1) is 11.9. The highest BCUT2D eigenvalue weighted by atomic mass is 35.5. The van der Waals surface area contributed by atoms with E-state index in [4.69, 9.17) is 11.6 Å². The molecule has 1 aliphatic heterocycles. The Hall–Kier alpha value is -1.98. The zero-order valence-electron chi connectivity index (χ0n) is 14.3. The summed E-state index contributed by atoms with van der Waals surface area (Å²) in [6, 6.07) is 9.60. The number of aromatic nitrogens is 1. The van der Waals surface area contributed by atoms with E-state index in [0.717, 1.165) is 28.6 Å². The van der Waals surface area contributed by atoms with E-state index >= 15 is 0 Å². The molecule has 1 aromatic heterocycles. The number of imide groups is 1. The monoisotopic (exact) mass is 374 g/mol. The highest BCUT2D eigenvalue weighted by Crippen LogP contribution is 2.34. The summed E-state index contributed by atoms with van der Waals surface area (Å²) in [7, 11) is 0. The van der Waals surface area contributed by atoms with Crippen LogP contribution in [0, 0.1) is 6.92 Å². The summed E-state index contributed by atoms with van der Waals surface area (Å²) >= 11 is 7.11. The van der Waals surface area contributed by atoms with Gasteiger partial charge in [-0.05, 0) is 61.9 Å². The van der Waals surface area contributed by atoms with E-state index in [0.29, 0.717) is 16.0 Å². The molecule has 1 saturated heterocycles. The molecule has 1 aromatic carbocycles. The Morgan fingerprint density at radius 1 is 1.24 bits per heavy atom. The van der Waals surface area contributed by atoms with Gasteiger partial charge < -0.3 is 4.57 Å². The topological polar surface area (TPSA) is 42.3 Å². The van der Waals surface area contributed by atoms with Crippen LogP contribution in [0.3, 0.4) is 0 Å². The number of nitrogens with zero attached hydrogens (tertiary/aromatic N) is 2. The molecule has 3 rings (SSSR count). The van der Waals surface area contributed by atoms with Gasteiger partial charge in [0.2, 0.25) is 0 Å². The molecular formula is C19H19ClN2O2S. The minimum absolute atomic E-state index is 0.188. The molecule has 130 valence electrons. The average Bonchev–Trinajstić information content (AvgIpc) is 3.04. The van der Waals surface area contributed by atoms with Crippen LogP contribution in [0.4, 0.5) is 4.79 Å². The van der Waals surface area contributed by atoms with Crippen molar-refractivity contribution in [1.82, 2.24) is 9.47 Å². The normalized spacial score (nSPS) is 16.5. The fourth-order valence-corrected chi connectivity index (χ4v) is 3.87. The van der Waals surface area contributed by atoms with Crippen molar-refractivity contribution in [2.24, 2.45) is 0 Å². The fraction of sp³-hybridized carbons (Fsp3) is 0.263. The molecule has 1 aliphatic rings. The number of aryl methyl sites for hydroxylation is 1. The molecule has 25 heavy (non-hydrogen) atoms. The van der Waals surface area contributed by atoms with Gasteiger partial charge in [-0.2, -0.15) is 0 Å². The van der Waals surface area contributed by atoms with Gasteiger partial charge >= 0.3 is 0 Å². The average molecular weight is 375 g/mol. The summed E-state index contributed by atoms with van der Waals surface area (Å²) in [5.74, 6) is -0.273. The van der Waals surface area contributed by atoms with E-state index < -0.39 is 0 Å². The molecule has 0 atom stereocenters. The van der Waals surface area contributed by atoms with Crippen molar-refractivity contribution in [3.63, 3.8) is 0 Å². The van der Waals surface area contributed by atoms with Crippen LogP contribution in [0.25, 0.3) is 6.08 Å². The summed E-state index contributed by atoms with van der Waals surface area (Å²) in [4.78, 5) is 26.6. The number of rotatable bonds is 4. The van der Waals surface area contributed by atoms with Crippen LogP contribution in [0.2, 0.25) is 5.02 Å². The lowest BCUT2D eigenvalue weighted by molar-refractivity contribution is -0.123. The standard InChI is InChI=1S/C19H19ClN2O2S/c1-12(2)21-10-14(8-13(21)3)9-17-18(23)22(19(24)25-17)11-15-6-4-5-7-16(15)20/h4-10,12H,11H2,1-3H3/b17-9+. The Balaban J connectivity index is 1.83. The molecular weight excluding hydrogens is 356 g/mol. The number of carbonyl (C=O) groups is 2. The lowest BCUT2D eigenvalue weighted by Crippen LogP contribution is -2.27. The minimum Gasteiger partial charge on any atom is -0.349 e. The largest absolute Gasteiger partial charge is 0.349 e. The zero-order chi connectivity index (χ0) is 18.1. The molecule has 2 heterocycles. The van der Waals surface area contributed by atoms with Gasteiger partial charge in [0.05, 0.1) is 11.4 Å². The number of amides is 2. The van der Waals surface area contributed by atoms with Crippen molar-refractivity contribution in [1.29, 1.82) is 0 Å². The van der Waals surface area contributed by atoms with Crippen molar-refractivity contribution in [3.05, 3.63) is 63.3 Å². The van der Waals surface area contributed by atoms with Gasteiger partial charge in [0.1, 0.15) is 0 Å². The summed E-state index contributed by atoms with van der Waals surface area (Å²) in [5.41, 5.74) is 2.81. The van der Waals surface area contributed by atoms with E-state index in [1.54, 1.807) is 12.1 Å². The number of carbonyl (C=O) groups excluding carboxylic acids is 2. The lowest BCUT2D eigenvalue weighted by atomic mass is 10.2. The van der Waals surface area contributed by atoms with Crippen LogP contribution in [0.5, 0.6) is 0 Å². The molecule has 4 nitrogen and oxygen atoms in total. The molecule has 2 amide bonds. The molecule has 6 heteroatoms. The van der Waals surface area contributed by atoms with Crippen LogP contribution in [0.1, 0.15) is 36.7 Å². The van der Waals surface area contributed by atoms with E-state index in [9.17, 15) is 9.59 Å². The first-order valence-electron chi connectivity index (χ1n) is 8.04. The molecule has 1 fully saturated rings. The van der Waals surface area contributed by atoms with Crippen LogP contribution in [-0.2, 0) is 11.3 Å². The molecule has 0 N–H and O–H groups in total. The van der Waals surface area contributed by atoms with Crippen molar-refractivity contribution in [2.75, 3.05) is 0 Å². The van der Waals surface area contributed by atoms with Crippen molar-refractivity contribution < 1.29 is 9.59 Å². The number of hydrogen-bond acceptors (Lipinski definition) is 3. The third kappa shape index (κ3) is 3.67. The molecule has 0 radical (unpaired) electrons. The number of thioether (sulfide) groups is 1. The maximum atomic E-state index is 12.6. The quantitative estimate of drug-likeness (QED) is 0.685. The van der Waals surface area contributed by atoms with Crippen molar-refractivity contribution in [2.45, 2.75) is 33.4 Å². The highest BCUT2D eigenvalue weighted by molar-refractivity contribution is 8.18. The van der Waals surface area contributed by atoms with E-state index in [2.05, 4.69) is 18.4 Å². The lowest BCUT2D eigenvalue weighted by Gasteiger charge is -2.13. The molecule has 0 unspecified atom stereocenters. The Kier molecular flexibility index (Phi) is 5.06. The molecule has 0 bridgehead atoms. The summed E-state index contributed by atoms with van der Waals surface area (Å²) in [5, 5.41) is 0.284. The minimum atomic E-state index is -0.273. The smallest absolute Gasteiger partial charge is 0.293 e. The van der Waals surface area contributed by atoms with Gasteiger partial charge in [-0.15, -0.1) is 0 Å². The summed E-state index contributed by atoms with van der Waals surface area (Å²) in [6.07, 6.45) is 3.78. The maximum absolute atomic E-state index is 12.6. The molecule has 0 aliphatic carbocycles. The van der Waals surface area contributed by atoms with Gasteiger partial charge in [0.15, 0.2) is 0 Å². The second-order valence-electron chi connectivity index (χ2n) is 6.28. The van der Waals surface area contributed by atoms with Gasteiger partial charge in [-0.1, -0.05) is 29.8 Å². The van der Waals surface area contributed by atoms with Crippen LogP contribution >= 0.6 is 23.4 Å². The first-order valence-corrected chi connectivity index (χ1v) is 9.23. The highest BCUT2D eigenvalue weighted by Gasteiger charge is 2.35.